The molecule has 8 heteroatoms. The van der Waals surface area contributed by atoms with E-state index in [0.717, 1.165) is 0 Å². The van der Waals surface area contributed by atoms with E-state index in [1.807, 2.05) is 0 Å². The summed E-state index contributed by atoms with van der Waals surface area (Å²) in [5.74, 6) is -8.20. The second-order valence-electron chi connectivity index (χ2n) is 2.93. The van der Waals surface area contributed by atoms with Crippen LogP contribution in [-0.4, -0.2) is 51.2 Å². The number of aliphatic carboxylic acids is 3. The average Bonchev–Trinajstić information content (AvgIpc) is 2.44. The maximum Gasteiger partial charge on any atom is 0.377 e. The summed E-state index contributed by atoms with van der Waals surface area (Å²) in [4.78, 5) is 31.9. The molecule has 3 N–H and O–H groups in total. The number of carbonyl (C=O) groups is 3. The van der Waals surface area contributed by atoms with Crippen LogP contribution in [0.3, 0.4) is 0 Å². The maximum absolute atomic E-state index is 10.7. The van der Waals surface area contributed by atoms with Gasteiger partial charge in [0.1, 0.15) is 0 Å². The van der Waals surface area contributed by atoms with E-state index in [9.17, 15) is 14.4 Å². The van der Waals surface area contributed by atoms with Crippen LogP contribution in [-0.2, 0) is 23.9 Å². The van der Waals surface area contributed by atoms with Gasteiger partial charge in [0.2, 0.25) is 0 Å². The first-order valence-corrected chi connectivity index (χ1v) is 3.86. The number of hydrogen-bond donors (Lipinski definition) is 3. The van der Waals surface area contributed by atoms with Gasteiger partial charge in [-0.25, -0.2) is 14.4 Å². The number of carboxylic acids is 3. The Morgan fingerprint density at radius 3 is 1.73 bits per heavy atom. The average molecular weight is 220 g/mol. The van der Waals surface area contributed by atoms with Crippen LogP contribution in [0, 0.1) is 0 Å². The second-order valence-corrected chi connectivity index (χ2v) is 2.93. The van der Waals surface area contributed by atoms with Gasteiger partial charge in [0.05, 0.1) is 6.10 Å². The Kier molecular flexibility index (Phi) is 2.65. The molecule has 1 saturated heterocycles. The van der Waals surface area contributed by atoms with Crippen LogP contribution in [0.1, 0.15) is 6.92 Å². The van der Waals surface area contributed by atoms with Crippen molar-refractivity contribution in [2.24, 2.45) is 0 Å². The van der Waals surface area contributed by atoms with Crippen molar-refractivity contribution >= 4 is 17.9 Å². The molecule has 1 aliphatic heterocycles. The van der Waals surface area contributed by atoms with E-state index in [0.29, 0.717) is 0 Å². The van der Waals surface area contributed by atoms with Crippen LogP contribution in [0.5, 0.6) is 0 Å². The monoisotopic (exact) mass is 220 g/mol. The Labute approximate surface area is 83.0 Å². The predicted molar refractivity (Wildman–Crippen MR) is 41.1 cm³/mol. The molecule has 0 radical (unpaired) electrons. The lowest BCUT2D eigenvalue weighted by Gasteiger charge is -2.16. The summed E-state index contributed by atoms with van der Waals surface area (Å²) in [7, 11) is 0. The molecule has 0 saturated carbocycles. The normalized spacial score (nSPS) is 28.6. The van der Waals surface area contributed by atoms with Crippen molar-refractivity contribution in [3.63, 3.8) is 0 Å². The summed E-state index contributed by atoms with van der Waals surface area (Å²) in [6, 6.07) is 0. The minimum atomic E-state index is -2.93. The van der Waals surface area contributed by atoms with Crippen molar-refractivity contribution < 1.29 is 39.2 Å². The first-order chi connectivity index (χ1) is 6.81. The molecule has 0 aromatic rings. The van der Waals surface area contributed by atoms with Gasteiger partial charge in [0.15, 0.2) is 6.10 Å². The number of carboxylic acid groups (broad SMARTS) is 3. The molecule has 0 aromatic heterocycles. The van der Waals surface area contributed by atoms with Crippen molar-refractivity contribution in [1.29, 1.82) is 0 Å². The highest BCUT2D eigenvalue weighted by Gasteiger charge is 2.60. The largest absolute Gasteiger partial charge is 0.479 e. The molecule has 1 heterocycles. The zero-order valence-corrected chi connectivity index (χ0v) is 7.54. The van der Waals surface area contributed by atoms with Crippen molar-refractivity contribution in [3.8, 4) is 0 Å². The Hall–Kier alpha value is -1.67. The third-order valence-electron chi connectivity index (χ3n) is 1.88. The fourth-order valence-corrected chi connectivity index (χ4v) is 1.17. The summed E-state index contributed by atoms with van der Waals surface area (Å²) >= 11 is 0. The van der Waals surface area contributed by atoms with E-state index >= 15 is 0 Å². The van der Waals surface area contributed by atoms with Gasteiger partial charge in [-0.3, -0.25) is 0 Å². The highest BCUT2D eigenvalue weighted by atomic mass is 16.8. The fraction of sp³-hybridized carbons (Fsp3) is 0.571. The smallest absolute Gasteiger partial charge is 0.377 e. The van der Waals surface area contributed by atoms with Gasteiger partial charge < -0.3 is 24.8 Å². The lowest BCUT2D eigenvalue weighted by Crippen LogP contribution is -2.48. The highest BCUT2D eigenvalue weighted by molar-refractivity contribution is 6.00. The fourth-order valence-electron chi connectivity index (χ4n) is 1.17. The van der Waals surface area contributed by atoms with Crippen LogP contribution in [0.4, 0.5) is 0 Å². The molecule has 2 atom stereocenters. The first kappa shape index (κ1) is 11.4. The quantitative estimate of drug-likeness (QED) is 0.502. The molecule has 1 rings (SSSR count). The number of ether oxygens (including phenoxy) is 2. The van der Waals surface area contributed by atoms with Gasteiger partial charge >= 0.3 is 23.7 Å². The minimum absolute atomic E-state index is 1.16. The molecule has 1 aliphatic rings. The summed E-state index contributed by atoms with van der Waals surface area (Å²) < 4.78 is 8.97. The zero-order chi connectivity index (χ0) is 11.8. The first-order valence-electron chi connectivity index (χ1n) is 3.86. The molecule has 84 valence electrons. The third kappa shape index (κ3) is 1.64. The van der Waals surface area contributed by atoms with Gasteiger partial charge in [-0.1, -0.05) is 0 Å². The molecule has 0 unspecified atom stereocenters. The molecule has 0 aliphatic carbocycles. The second kappa shape index (κ2) is 3.48. The molecule has 1 fully saturated rings. The van der Waals surface area contributed by atoms with Gasteiger partial charge in [-0.05, 0) is 6.92 Å². The molecule has 8 nitrogen and oxygen atoms in total. The summed E-state index contributed by atoms with van der Waals surface area (Å²) in [5.41, 5.74) is 0. The van der Waals surface area contributed by atoms with Crippen LogP contribution in [0.2, 0.25) is 0 Å². The van der Waals surface area contributed by atoms with Gasteiger partial charge in [0.25, 0.3) is 0 Å². The molecule has 0 spiro atoms. The number of rotatable bonds is 3. The van der Waals surface area contributed by atoms with Crippen LogP contribution < -0.4 is 0 Å². The molecule has 15 heavy (non-hydrogen) atoms. The zero-order valence-electron chi connectivity index (χ0n) is 7.54. The molecule has 0 aromatic carbocycles. The number of hydrogen-bond acceptors (Lipinski definition) is 5. The third-order valence-corrected chi connectivity index (χ3v) is 1.88. The van der Waals surface area contributed by atoms with Gasteiger partial charge in [0, 0.05) is 0 Å². The van der Waals surface area contributed by atoms with E-state index in [2.05, 4.69) is 9.47 Å². The summed E-state index contributed by atoms with van der Waals surface area (Å²) in [6.07, 6.45) is -2.77. The maximum atomic E-state index is 10.7. The Bertz CT molecular complexity index is 307. The van der Waals surface area contributed by atoms with Crippen molar-refractivity contribution in [3.05, 3.63) is 0 Å². The lowest BCUT2D eigenvalue weighted by molar-refractivity contribution is -0.220. The molecular formula is C7H8O8. The molecular weight excluding hydrogens is 212 g/mol. The standard InChI is InChI=1S/C7H8O8/c1-2-3(4(8)9)15-7(14-2,5(10)11)6(12)13/h2-3H,1H3,(H,8,9)(H,10,11)(H,12,13)/t2-,3+/m1/s1. The summed E-state index contributed by atoms with van der Waals surface area (Å²) in [6.45, 7) is 1.21. The van der Waals surface area contributed by atoms with Crippen molar-refractivity contribution in [1.82, 2.24) is 0 Å². The van der Waals surface area contributed by atoms with Crippen LogP contribution >= 0.6 is 0 Å². The van der Waals surface area contributed by atoms with Gasteiger partial charge in [-0.2, -0.15) is 0 Å². The van der Waals surface area contributed by atoms with Gasteiger partial charge in [-0.15, -0.1) is 0 Å². The van der Waals surface area contributed by atoms with E-state index < -0.39 is 35.9 Å². The lowest BCUT2D eigenvalue weighted by atomic mass is 10.2. The minimum Gasteiger partial charge on any atom is -0.479 e. The highest BCUT2D eigenvalue weighted by Crippen LogP contribution is 2.29. The van der Waals surface area contributed by atoms with E-state index in [4.69, 9.17) is 15.3 Å². The van der Waals surface area contributed by atoms with E-state index in [-0.39, 0.29) is 0 Å². The topological polar surface area (TPSA) is 130 Å². The van der Waals surface area contributed by atoms with E-state index in [1.54, 1.807) is 0 Å². The Morgan fingerprint density at radius 1 is 1.07 bits per heavy atom. The Morgan fingerprint density at radius 2 is 1.53 bits per heavy atom. The van der Waals surface area contributed by atoms with E-state index in [1.165, 1.54) is 6.92 Å². The predicted octanol–water partition coefficient (Wildman–Crippen LogP) is -1.26. The van der Waals surface area contributed by atoms with Crippen molar-refractivity contribution in [2.75, 3.05) is 0 Å². The van der Waals surface area contributed by atoms with Crippen LogP contribution in [0.15, 0.2) is 0 Å². The Balaban J connectivity index is 3.03. The summed E-state index contributed by atoms with van der Waals surface area (Å²) in [5, 5.41) is 25.8. The van der Waals surface area contributed by atoms with Crippen molar-refractivity contribution in [2.45, 2.75) is 24.9 Å². The van der Waals surface area contributed by atoms with Crippen LogP contribution in [0.25, 0.3) is 0 Å². The molecule has 0 amide bonds. The SMILES string of the molecule is C[C@H]1OC(C(=O)O)(C(=O)O)O[C@@H]1C(=O)O. The molecule has 0 bridgehead atoms.